The molecule has 6 heteroatoms. The van der Waals surface area contributed by atoms with Crippen molar-refractivity contribution in [2.24, 2.45) is 0 Å². The second kappa shape index (κ2) is 10.8. The monoisotopic (exact) mass is 443 g/mol. The Labute approximate surface area is 194 Å². The minimum absolute atomic E-state index is 0.0758. The molecule has 0 bridgehead atoms. The van der Waals surface area contributed by atoms with Crippen molar-refractivity contribution in [3.8, 4) is 0 Å². The first-order valence-corrected chi connectivity index (χ1v) is 11.2. The van der Waals surface area contributed by atoms with Crippen molar-refractivity contribution in [1.29, 1.82) is 0 Å². The number of ketones is 1. The number of Topliss-reactive ketones (excluding diaryl/α,β-unsaturated/α-hetero) is 1. The Morgan fingerprint density at radius 1 is 0.848 bits per heavy atom. The van der Waals surface area contributed by atoms with Gasteiger partial charge in [0.25, 0.3) is 0 Å². The summed E-state index contributed by atoms with van der Waals surface area (Å²) in [7, 11) is 1.37. The minimum atomic E-state index is -0.402. The lowest BCUT2D eigenvalue weighted by molar-refractivity contribution is 0.0601. The number of ether oxygens (including phenoxy) is 1. The molecule has 170 valence electrons. The molecule has 1 aliphatic rings. The Balaban J connectivity index is 1.51. The molecule has 1 N–H and O–H groups in total. The molecule has 1 fully saturated rings. The van der Waals surface area contributed by atoms with Crippen LogP contribution in [-0.2, 0) is 4.74 Å². The van der Waals surface area contributed by atoms with Crippen LogP contribution in [-0.4, -0.2) is 62.5 Å². The zero-order valence-corrected chi connectivity index (χ0v) is 18.8. The van der Waals surface area contributed by atoms with Gasteiger partial charge in [-0.2, -0.15) is 0 Å². The Morgan fingerprint density at radius 2 is 1.45 bits per heavy atom. The summed E-state index contributed by atoms with van der Waals surface area (Å²) >= 11 is 0. The van der Waals surface area contributed by atoms with Gasteiger partial charge in [0.1, 0.15) is 0 Å². The van der Waals surface area contributed by atoms with Gasteiger partial charge in [-0.05, 0) is 24.3 Å². The van der Waals surface area contributed by atoms with Crippen molar-refractivity contribution in [3.63, 3.8) is 0 Å². The fourth-order valence-electron chi connectivity index (χ4n) is 4.24. The van der Waals surface area contributed by atoms with Crippen molar-refractivity contribution >= 4 is 23.1 Å². The number of para-hydroxylation sites is 2. The zero-order valence-electron chi connectivity index (χ0n) is 18.8. The van der Waals surface area contributed by atoms with Crippen LogP contribution in [0, 0.1) is 0 Å². The Kier molecular flexibility index (Phi) is 7.37. The van der Waals surface area contributed by atoms with Gasteiger partial charge >= 0.3 is 5.97 Å². The van der Waals surface area contributed by atoms with E-state index in [1.165, 1.54) is 12.8 Å². The van der Waals surface area contributed by atoms with Gasteiger partial charge in [-0.25, -0.2) is 4.79 Å². The minimum Gasteiger partial charge on any atom is -0.465 e. The fraction of sp³-hybridized carbons (Fsp3) is 0.259. The molecule has 33 heavy (non-hydrogen) atoms. The molecule has 3 aromatic rings. The first kappa shape index (κ1) is 22.6. The van der Waals surface area contributed by atoms with Gasteiger partial charge in [0, 0.05) is 49.7 Å². The average Bonchev–Trinajstić information content (AvgIpc) is 2.90. The highest BCUT2D eigenvalue weighted by atomic mass is 16.5. The first-order chi connectivity index (χ1) is 16.2. The van der Waals surface area contributed by atoms with E-state index in [1.807, 2.05) is 60.7 Å². The lowest BCUT2D eigenvalue weighted by Gasteiger charge is -2.40. The number of piperazine rings is 1. The Bertz CT molecular complexity index is 1060. The maximum absolute atomic E-state index is 13.5. The van der Waals surface area contributed by atoms with Crippen LogP contribution in [0.2, 0.25) is 0 Å². The van der Waals surface area contributed by atoms with E-state index in [4.69, 9.17) is 4.74 Å². The smallest absolute Gasteiger partial charge is 0.339 e. The molecule has 1 unspecified atom stereocenters. The molecule has 0 radical (unpaired) electrons. The van der Waals surface area contributed by atoms with Crippen LogP contribution in [0.3, 0.4) is 0 Å². The third kappa shape index (κ3) is 5.41. The summed E-state index contributed by atoms with van der Waals surface area (Å²) in [5, 5.41) is 3.34. The molecule has 0 aliphatic carbocycles. The molecule has 1 atom stereocenters. The van der Waals surface area contributed by atoms with Gasteiger partial charge in [0.05, 0.1) is 18.7 Å². The van der Waals surface area contributed by atoms with E-state index in [9.17, 15) is 9.59 Å². The van der Waals surface area contributed by atoms with Crippen molar-refractivity contribution < 1.29 is 14.3 Å². The maximum Gasteiger partial charge on any atom is 0.339 e. The van der Waals surface area contributed by atoms with Crippen molar-refractivity contribution in [2.75, 3.05) is 50.1 Å². The number of nitrogens with one attached hydrogen (secondary N) is 1. The lowest BCUT2D eigenvalue weighted by atomic mass is 10.0. The fourth-order valence-corrected chi connectivity index (χ4v) is 4.24. The third-order valence-electron chi connectivity index (χ3n) is 6.06. The van der Waals surface area contributed by atoms with Crippen molar-refractivity contribution in [3.05, 3.63) is 96.1 Å². The summed E-state index contributed by atoms with van der Waals surface area (Å²) in [5.74, 6) is -0.327. The van der Waals surface area contributed by atoms with Crippen LogP contribution in [0.4, 0.5) is 11.4 Å². The summed E-state index contributed by atoms with van der Waals surface area (Å²) in [6, 6.07) is 26.6. The normalized spacial score (nSPS) is 15.0. The van der Waals surface area contributed by atoms with Crippen LogP contribution >= 0.6 is 0 Å². The molecule has 0 spiro atoms. The van der Waals surface area contributed by atoms with E-state index in [0.717, 1.165) is 26.2 Å². The van der Waals surface area contributed by atoms with Gasteiger partial charge in [-0.3, -0.25) is 9.69 Å². The Hall–Kier alpha value is -3.64. The van der Waals surface area contributed by atoms with E-state index in [0.29, 0.717) is 23.4 Å². The van der Waals surface area contributed by atoms with E-state index < -0.39 is 5.97 Å². The van der Waals surface area contributed by atoms with Gasteiger partial charge in [-0.15, -0.1) is 0 Å². The van der Waals surface area contributed by atoms with E-state index in [2.05, 4.69) is 27.2 Å². The molecule has 3 aromatic carbocycles. The predicted molar refractivity (Wildman–Crippen MR) is 131 cm³/mol. The molecule has 6 nitrogen and oxygen atoms in total. The first-order valence-electron chi connectivity index (χ1n) is 11.2. The number of rotatable bonds is 8. The topological polar surface area (TPSA) is 61.9 Å². The molecule has 0 aromatic heterocycles. The van der Waals surface area contributed by atoms with E-state index in [-0.39, 0.29) is 11.8 Å². The summed E-state index contributed by atoms with van der Waals surface area (Å²) in [4.78, 5) is 30.3. The van der Waals surface area contributed by atoms with E-state index in [1.54, 1.807) is 12.1 Å². The standard InChI is InChI=1S/C27H29N3O3/c1-33-27(32)23-14-8-9-15-24(23)28-20-25(26(31)21-10-4-2-5-11-21)30-18-16-29(17-19-30)22-12-6-3-7-13-22/h2-15,25,28H,16-20H2,1H3. The lowest BCUT2D eigenvalue weighted by Crippen LogP contribution is -2.55. The third-order valence-corrected chi connectivity index (χ3v) is 6.06. The summed E-state index contributed by atoms with van der Waals surface area (Å²) in [6.07, 6.45) is 0. The van der Waals surface area contributed by atoms with E-state index >= 15 is 0 Å². The SMILES string of the molecule is COC(=O)c1ccccc1NCC(C(=O)c1ccccc1)N1CCN(c2ccccc2)CC1. The van der Waals surface area contributed by atoms with Gasteiger partial charge in [0.15, 0.2) is 5.78 Å². The quantitative estimate of drug-likeness (QED) is 0.420. The summed E-state index contributed by atoms with van der Waals surface area (Å²) in [6.45, 7) is 3.65. The number of esters is 1. The predicted octanol–water partition coefficient (Wildman–Crippen LogP) is 3.96. The molecule has 1 heterocycles. The van der Waals surface area contributed by atoms with Gasteiger partial charge in [-0.1, -0.05) is 60.7 Å². The molecular weight excluding hydrogens is 414 g/mol. The molecule has 1 saturated heterocycles. The number of hydrogen-bond donors (Lipinski definition) is 1. The highest BCUT2D eigenvalue weighted by Gasteiger charge is 2.30. The number of benzene rings is 3. The molecule has 1 aliphatic heterocycles. The number of anilines is 2. The highest BCUT2D eigenvalue weighted by molar-refractivity contribution is 6.01. The number of hydrogen-bond acceptors (Lipinski definition) is 6. The number of methoxy groups -OCH3 is 1. The van der Waals surface area contributed by atoms with Gasteiger partial charge < -0.3 is 15.0 Å². The molecule has 4 rings (SSSR count). The number of nitrogens with zero attached hydrogens (tertiary/aromatic N) is 2. The molecule has 0 amide bonds. The second-order valence-electron chi connectivity index (χ2n) is 8.02. The Morgan fingerprint density at radius 3 is 2.12 bits per heavy atom. The van der Waals surface area contributed by atoms with Crippen LogP contribution in [0.15, 0.2) is 84.9 Å². The zero-order chi connectivity index (χ0) is 23.0. The molecular formula is C27H29N3O3. The highest BCUT2D eigenvalue weighted by Crippen LogP contribution is 2.20. The van der Waals surface area contributed by atoms with Crippen molar-refractivity contribution in [1.82, 2.24) is 4.90 Å². The largest absolute Gasteiger partial charge is 0.465 e. The van der Waals surface area contributed by atoms with Crippen LogP contribution in [0.25, 0.3) is 0 Å². The van der Waals surface area contributed by atoms with Crippen LogP contribution in [0.5, 0.6) is 0 Å². The average molecular weight is 444 g/mol. The van der Waals surface area contributed by atoms with Gasteiger partial charge in [0.2, 0.25) is 0 Å². The number of carbonyl (C=O) groups is 2. The van der Waals surface area contributed by atoms with Crippen LogP contribution in [0.1, 0.15) is 20.7 Å². The summed E-state index contributed by atoms with van der Waals surface area (Å²) in [5.41, 5.74) is 3.02. The van der Waals surface area contributed by atoms with Crippen LogP contribution < -0.4 is 10.2 Å². The maximum atomic E-state index is 13.5. The number of carbonyl (C=O) groups excluding carboxylic acids is 2. The second-order valence-corrected chi connectivity index (χ2v) is 8.02. The molecule has 0 saturated carbocycles. The van der Waals surface area contributed by atoms with Crippen molar-refractivity contribution in [2.45, 2.75) is 6.04 Å². The summed E-state index contributed by atoms with van der Waals surface area (Å²) < 4.78 is 4.91.